The lowest BCUT2D eigenvalue weighted by atomic mass is 10.1. The maximum Gasteiger partial charge on any atom is 0.138 e. The van der Waals surface area contributed by atoms with Crippen molar-refractivity contribution in [3.8, 4) is 0 Å². The standard InChI is InChI=1S/C17H22N6S/c1-3-14-7-15-16(18-11-19-17(15)24-14)21-12-5-4-6-23(9-12)13-8-20-22(2)10-13/h7-8,10-12H,3-6,9H2,1-2H3,(H,18,19,21). The zero-order chi connectivity index (χ0) is 16.5. The van der Waals surface area contributed by atoms with Crippen LogP contribution in [0.25, 0.3) is 10.2 Å². The van der Waals surface area contributed by atoms with Gasteiger partial charge in [-0.25, -0.2) is 9.97 Å². The highest BCUT2D eigenvalue weighted by atomic mass is 32.1. The summed E-state index contributed by atoms with van der Waals surface area (Å²) in [6.07, 6.45) is 9.06. The summed E-state index contributed by atoms with van der Waals surface area (Å²) in [6, 6.07) is 2.62. The molecule has 0 amide bonds. The van der Waals surface area contributed by atoms with Crippen LogP contribution < -0.4 is 10.2 Å². The Labute approximate surface area is 145 Å². The zero-order valence-electron chi connectivity index (χ0n) is 14.1. The van der Waals surface area contributed by atoms with Crippen LogP contribution in [0, 0.1) is 0 Å². The predicted molar refractivity (Wildman–Crippen MR) is 98.9 cm³/mol. The first kappa shape index (κ1) is 15.4. The van der Waals surface area contributed by atoms with E-state index in [-0.39, 0.29) is 0 Å². The summed E-state index contributed by atoms with van der Waals surface area (Å²) in [4.78, 5) is 13.7. The van der Waals surface area contributed by atoms with Crippen molar-refractivity contribution in [1.29, 1.82) is 0 Å². The first-order valence-electron chi connectivity index (χ1n) is 8.46. The second kappa shape index (κ2) is 6.39. The van der Waals surface area contributed by atoms with Gasteiger partial charge in [-0.15, -0.1) is 11.3 Å². The van der Waals surface area contributed by atoms with E-state index in [4.69, 9.17) is 0 Å². The van der Waals surface area contributed by atoms with Crippen LogP contribution in [0.4, 0.5) is 11.5 Å². The Morgan fingerprint density at radius 2 is 2.29 bits per heavy atom. The van der Waals surface area contributed by atoms with Crippen LogP contribution in [0.15, 0.2) is 24.8 Å². The number of aryl methyl sites for hydroxylation is 2. The molecule has 126 valence electrons. The van der Waals surface area contributed by atoms with Crippen LogP contribution in [0.1, 0.15) is 24.6 Å². The zero-order valence-corrected chi connectivity index (χ0v) is 14.9. The molecule has 3 aromatic heterocycles. The molecule has 0 spiro atoms. The van der Waals surface area contributed by atoms with Gasteiger partial charge < -0.3 is 10.2 Å². The van der Waals surface area contributed by atoms with Crippen LogP contribution in [0.5, 0.6) is 0 Å². The molecule has 1 N–H and O–H groups in total. The molecule has 0 saturated carbocycles. The monoisotopic (exact) mass is 342 g/mol. The summed E-state index contributed by atoms with van der Waals surface area (Å²) >= 11 is 1.76. The highest BCUT2D eigenvalue weighted by Gasteiger charge is 2.22. The Hall–Kier alpha value is -2.15. The van der Waals surface area contributed by atoms with Crippen molar-refractivity contribution < 1.29 is 0 Å². The van der Waals surface area contributed by atoms with Gasteiger partial charge in [-0.05, 0) is 25.3 Å². The number of hydrogen-bond acceptors (Lipinski definition) is 6. The van der Waals surface area contributed by atoms with Gasteiger partial charge in [0.2, 0.25) is 0 Å². The predicted octanol–water partition coefficient (Wildman–Crippen LogP) is 3.07. The molecule has 0 bridgehead atoms. The molecule has 1 atom stereocenters. The van der Waals surface area contributed by atoms with Gasteiger partial charge in [0.05, 0.1) is 17.3 Å². The molecule has 1 aliphatic heterocycles. The molecule has 24 heavy (non-hydrogen) atoms. The Morgan fingerprint density at radius 3 is 3.08 bits per heavy atom. The third-order valence-corrected chi connectivity index (χ3v) is 5.73. The van der Waals surface area contributed by atoms with Gasteiger partial charge in [0.1, 0.15) is 17.0 Å². The van der Waals surface area contributed by atoms with Gasteiger partial charge >= 0.3 is 0 Å². The lowest BCUT2D eigenvalue weighted by Crippen LogP contribution is -2.42. The lowest BCUT2D eigenvalue weighted by molar-refractivity contribution is 0.529. The summed E-state index contributed by atoms with van der Waals surface area (Å²) in [7, 11) is 1.96. The molecular formula is C17H22N6S. The van der Waals surface area contributed by atoms with E-state index in [1.54, 1.807) is 17.7 Å². The summed E-state index contributed by atoms with van der Waals surface area (Å²) in [6.45, 7) is 4.24. The molecule has 7 heteroatoms. The summed E-state index contributed by atoms with van der Waals surface area (Å²) in [5.41, 5.74) is 1.20. The van der Waals surface area contributed by atoms with E-state index in [9.17, 15) is 0 Å². The quantitative estimate of drug-likeness (QED) is 0.790. The maximum atomic E-state index is 4.50. The van der Waals surface area contributed by atoms with Crippen molar-refractivity contribution >= 4 is 33.1 Å². The van der Waals surface area contributed by atoms with Crippen LogP contribution in [-0.4, -0.2) is 38.9 Å². The van der Waals surface area contributed by atoms with Gasteiger partial charge in [0.25, 0.3) is 0 Å². The number of fused-ring (bicyclic) bond motifs is 1. The fourth-order valence-electron chi connectivity index (χ4n) is 3.29. The van der Waals surface area contributed by atoms with E-state index in [0.717, 1.165) is 42.0 Å². The Kier molecular flexibility index (Phi) is 4.10. The first-order valence-corrected chi connectivity index (χ1v) is 9.28. The smallest absolute Gasteiger partial charge is 0.138 e. The Bertz CT molecular complexity index is 839. The largest absolute Gasteiger partial charge is 0.367 e. The molecule has 4 rings (SSSR count). The summed E-state index contributed by atoms with van der Waals surface area (Å²) in [5.74, 6) is 0.967. The second-order valence-corrected chi connectivity index (χ2v) is 7.42. The maximum absolute atomic E-state index is 4.50. The van der Waals surface area contributed by atoms with Crippen molar-refractivity contribution in [2.45, 2.75) is 32.2 Å². The molecule has 0 aromatic carbocycles. The minimum Gasteiger partial charge on any atom is -0.367 e. The second-order valence-electron chi connectivity index (χ2n) is 6.31. The normalized spacial score (nSPS) is 18.2. The first-order chi connectivity index (χ1) is 11.7. The van der Waals surface area contributed by atoms with Crippen molar-refractivity contribution in [1.82, 2.24) is 19.7 Å². The van der Waals surface area contributed by atoms with Gasteiger partial charge in [-0.3, -0.25) is 4.68 Å². The molecule has 3 aromatic rings. The third kappa shape index (κ3) is 2.96. The number of nitrogens with zero attached hydrogens (tertiary/aromatic N) is 5. The van der Waals surface area contributed by atoms with Gasteiger partial charge in [0.15, 0.2) is 0 Å². The molecule has 6 nitrogen and oxygen atoms in total. The fourth-order valence-corrected chi connectivity index (χ4v) is 4.22. The van der Waals surface area contributed by atoms with Gasteiger partial charge in [-0.2, -0.15) is 5.10 Å². The number of rotatable bonds is 4. The highest BCUT2D eigenvalue weighted by molar-refractivity contribution is 7.18. The van der Waals surface area contributed by atoms with E-state index in [1.807, 2.05) is 17.9 Å². The highest BCUT2D eigenvalue weighted by Crippen LogP contribution is 2.30. The third-order valence-electron chi connectivity index (χ3n) is 4.55. The number of thiophene rings is 1. The van der Waals surface area contributed by atoms with Crippen LogP contribution in [0.3, 0.4) is 0 Å². The minimum absolute atomic E-state index is 0.391. The van der Waals surface area contributed by atoms with Crippen molar-refractivity contribution in [2.75, 3.05) is 23.3 Å². The summed E-state index contributed by atoms with van der Waals surface area (Å²) < 4.78 is 1.86. The van der Waals surface area contributed by atoms with Gasteiger partial charge in [-0.1, -0.05) is 6.92 Å². The fraction of sp³-hybridized carbons (Fsp3) is 0.471. The van der Waals surface area contributed by atoms with E-state index in [0.29, 0.717) is 6.04 Å². The molecule has 0 aliphatic carbocycles. The van der Waals surface area contributed by atoms with Crippen molar-refractivity contribution in [2.24, 2.45) is 7.05 Å². The summed E-state index contributed by atoms with van der Waals surface area (Å²) in [5, 5.41) is 9.09. The number of hydrogen-bond donors (Lipinski definition) is 1. The van der Waals surface area contributed by atoms with E-state index < -0.39 is 0 Å². The number of piperidine rings is 1. The lowest BCUT2D eigenvalue weighted by Gasteiger charge is -2.34. The van der Waals surface area contributed by atoms with Crippen LogP contribution >= 0.6 is 11.3 Å². The average molecular weight is 342 g/mol. The van der Waals surface area contributed by atoms with E-state index in [2.05, 4.69) is 44.5 Å². The van der Waals surface area contributed by atoms with Crippen LogP contribution in [0.2, 0.25) is 0 Å². The molecular weight excluding hydrogens is 320 g/mol. The SMILES string of the molecule is CCc1cc2c(NC3CCCN(c4cnn(C)c4)C3)ncnc2s1. The van der Waals surface area contributed by atoms with Gasteiger partial charge in [0, 0.05) is 37.3 Å². The van der Waals surface area contributed by atoms with Crippen LogP contribution in [-0.2, 0) is 13.5 Å². The number of aromatic nitrogens is 4. The van der Waals surface area contributed by atoms with Crippen molar-refractivity contribution in [3.05, 3.63) is 29.7 Å². The van der Waals surface area contributed by atoms with E-state index in [1.165, 1.54) is 17.0 Å². The molecule has 1 unspecified atom stereocenters. The molecule has 1 saturated heterocycles. The molecule has 1 aliphatic rings. The topological polar surface area (TPSA) is 58.9 Å². The number of nitrogens with one attached hydrogen (secondary N) is 1. The van der Waals surface area contributed by atoms with E-state index >= 15 is 0 Å². The molecule has 4 heterocycles. The van der Waals surface area contributed by atoms with Crippen molar-refractivity contribution in [3.63, 3.8) is 0 Å². The minimum atomic E-state index is 0.391. The molecule has 0 radical (unpaired) electrons. The Morgan fingerprint density at radius 1 is 1.38 bits per heavy atom. The molecule has 1 fully saturated rings. The number of anilines is 2. The Balaban J connectivity index is 1.53. The average Bonchev–Trinajstić information content (AvgIpc) is 3.21.